The van der Waals surface area contributed by atoms with Gasteiger partial charge in [-0.15, -0.1) is 11.3 Å². The first-order valence-corrected chi connectivity index (χ1v) is 8.41. The van der Waals surface area contributed by atoms with Gasteiger partial charge in [-0.2, -0.15) is 0 Å². The molecule has 3 rings (SSSR count). The van der Waals surface area contributed by atoms with Crippen LogP contribution in [0.2, 0.25) is 5.02 Å². The molecule has 0 aliphatic heterocycles. The van der Waals surface area contributed by atoms with Crippen LogP contribution in [0.5, 0.6) is 0 Å². The number of carbonyl (C=O) groups is 1. The van der Waals surface area contributed by atoms with Gasteiger partial charge in [0.05, 0.1) is 17.3 Å². The second-order valence-corrected chi connectivity index (χ2v) is 6.82. The maximum Gasteiger partial charge on any atom is 0.319 e. The number of para-hydroxylation sites is 1. The second-order valence-electron chi connectivity index (χ2n) is 5.46. The zero-order chi connectivity index (χ0) is 15.6. The average molecular weight is 337 g/mol. The molecule has 116 valence electrons. The van der Waals surface area contributed by atoms with Crippen LogP contribution in [0, 0.1) is 5.92 Å². The Morgan fingerprint density at radius 1 is 1.32 bits per heavy atom. The number of halogens is 1. The fourth-order valence-electron chi connectivity index (χ4n) is 2.46. The largest absolute Gasteiger partial charge is 0.382 e. The van der Waals surface area contributed by atoms with E-state index < -0.39 is 5.60 Å². The number of amides is 2. The number of benzene rings is 1. The van der Waals surface area contributed by atoms with Crippen molar-refractivity contribution in [2.24, 2.45) is 5.92 Å². The van der Waals surface area contributed by atoms with E-state index in [4.69, 9.17) is 11.6 Å². The second kappa shape index (κ2) is 6.28. The smallest absolute Gasteiger partial charge is 0.319 e. The molecule has 0 unspecified atom stereocenters. The lowest BCUT2D eigenvalue weighted by molar-refractivity contribution is 0.0200. The van der Waals surface area contributed by atoms with Crippen molar-refractivity contribution in [3.8, 4) is 0 Å². The first-order chi connectivity index (χ1) is 10.6. The van der Waals surface area contributed by atoms with Gasteiger partial charge in [0.25, 0.3) is 0 Å². The normalized spacial score (nSPS) is 16.8. The Morgan fingerprint density at radius 2 is 2.09 bits per heavy atom. The van der Waals surface area contributed by atoms with Crippen LogP contribution in [0.4, 0.5) is 10.5 Å². The molecular weight excluding hydrogens is 320 g/mol. The van der Waals surface area contributed by atoms with E-state index in [9.17, 15) is 9.90 Å². The van der Waals surface area contributed by atoms with Crippen molar-refractivity contribution >= 4 is 34.7 Å². The van der Waals surface area contributed by atoms with E-state index in [1.165, 1.54) is 11.3 Å². The third-order valence-electron chi connectivity index (χ3n) is 3.84. The summed E-state index contributed by atoms with van der Waals surface area (Å²) >= 11 is 7.52. The molecule has 0 saturated heterocycles. The molecule has 0 radical (unpaired) electrons. The fourth-order valence-corrected chi connectivity index (χ4v) is 3.55. The molecule has 6 heteroatoms. The Balaban J connectivity index is 1.63. The highest BCUT2D eigenvalue weighted by atomic mass is 35.5. The predicted molar refractivity (Wildman–Crippen MR) is 89.4 cm³/mol. The molecule has 1 aromatic carbocycles. The van der Waals surface area contributed by atoms with Gasteiger partial charge in [0.1, 0.15) is 5.60 Å². The summed E-state index contributed by atoms with van der Waals surface area (Å²) in [5.74, 6) is 0.215. The number of anilines is 1. The molecule has 0 spiro atoms. The third-order valence-corrected chi connectivity index (χ3v) is 5.21. The Morgan fingerprint density at radius 3 is 2.73 bits per heavy atom. The summed E-state index contributed by atoms with van der Waals surface area (Å²) in [5.41, 5.74) is -0.431. The van der Waals surface area contributed by atoms with E-state index in [1.807, 2.05) is 17.5 Å². The monoisotopic (exact) mass is 336 g/mol. The van der Waals surface area contributed by atoms with Crippen molar-refractivity contribution in [1.82, 2.24) is 5.32 Å². The van der Waals surface area contributed by atoms with Crippen LogP contribution in [-0.4, -0.2) is 17.7 Å². The van der Waals surface area contributed by atoms with Crippen molar-refractivity contribution in [3.05, 3.63) is 51.7 Å². The molecule has 2 aromatic rings. The topological polar surface area (TPSA) is 61.4 Å². The summed E-state index contributed by atoms with van der Waals surface area (Å²) in [6.07, 6.45) is 1.98. The predicted octanol–water partition coefficient (Wildman–Crippen LogP) is 3.82. The van der Waals surface area contributed by atoms with Gasteiger partial charge in [0.15, 0.2) is 0 Å². The zero-order valence-electron chi connectivity index (χ0n) is 11.9. The van der Waals surface area contributed by atoms with Gasteiger partial charge in [0, 0.05) is 4.88 Å². The van der Waals surface area contributed by atoms with Gasteiger partial charge in [-0.25, -0.2) is 4.79 Å². The van der Waals surface area contributed by atoms with Crippen molar-refractivity contribution in [2.75, 3.05) is 11.9 Å². The molecule has 1 saturated carbocycles. The van der Waals surface area contributed by atoms with Crippen molar-refractivity contribution in [1.29, 1.82) is 0 Å². The van der Waals surface area contributed by atoms with Crippen LogP contribution in [-0.2, 0) is 5.60 Å². The van der Waals surface area contributed by atoms with E-state index in [2.05, 4.69) is 10.6 Å². The summed E-state index contributed by atoms with van der Waals surface area (Å²) in [5, 5.41) is 18.8. The fraction of sp³-hybridized carbons (Fsp3) is 0.312. The molecule has 1 atom stereocenters. The summed E-state index contributed by atoms with van der Waals surface area (Å²) < 4.78 is 0. The molecule has 1 aromatic heterocycles. The first kappa shape index (κ1) is 15.3. The van der Waals surface area contributed by atoms with Gasteiger partial charge >= 0.3 is 6.03 Å². The molecule has 4 nitrogen and oxygen atoms in total. The van der Waals surface area contributed by atoms with Gasteiger partial charge in [-0.3, -0.25) is 0 Å². The third kappa shape index (κ3) is 3.27. The van der Waals surface area contributed by atoms with Gasteiger partial charge in [0.2, 0.25) is 0 Å². The van der Waals surface area contributed by atoms with Gasteiger partial charge in [-0.1, -0.05) is 29.8 Å². The minimum atomic E-state index is -0.980. The maximum atomic E-state index is 12.0. The van der Waals surface area contributed by atoms with Crippen molar-refractivity contribution in [2.45, 2.75) is 18.4 Å². The van der Waals surface area contributed by atoms with Crippen LogP contribution in [0.3, 0.4) is 0 Å². The lowest BCUT2D eigenvalue weighted by atomic mass is 9.96. The summed E-state index contributed by atoms with van der Waals surface area (Å²) in [7, 11) is 0. The Hall–Kier alpha value is -1.56. The Bertz CT molecular complexity index is 658. The number of urea groups is 1. The number of nitrogens with one attached hydrogen (secondary N) is 2. The minimum absolute atomic E-state index is 0.189. The van der Waals surface area contributed by atoms with Crippen LogP contribution < -0.4 is 10.6 Å². The first-order valence-electron chi connectivity index (χ1n) is 7.15. The van der Waals surface area contributed by atoms with E-state index in [0.717, 1.165) is 17.7 Å². The number of carbonyl (C=O) groups excluding carboxylic acids is 1. The van der Waals surface area contributed by atoms with Crippen LogP contribution in [0.25, 0.3) is 0 Å². The quantitative estimate of drug-likeness (QED) is 0.777. The van der Waals surface area contributed by atoms with Crippen LogP contribution in [0.15, 0.2) is 41.8 Å². The highest BCUT2D eigenvalue weighted by molar-refractivity contribution is 7.10. The van der Waals surface area contributed by atoms with Gasteiger partial charge in [-0.05, 0) is 42.3 Å². The highest BCUT2D eigenvalue weighted by Gasteiger charge is 2.45. The number of hydrogen-bond donors (Lipinski definition) is 3. The lowest BCUT2D eigenvalue weighted by Crippen LogP contribution is -2.43. The molecular formula is C16H17ClN2O2S. The summed E-state index contributed by atoms with van der Waals surface area (Å²) in [4.78, 5) is 12.9. The molecule has 0 bridgehead atoms. The number of aliphatic hydroxyl groups is 1. The average Bonchev–Trinajstić information content (AvgIpc) is 3.22. The Kier molecular flexibility index (Phi) is 4.38. The van der Waals surface area contributed by atoms with Gasteiger partial charge < -0.3 is 15.7 Å². The lowest BCUT2D eigenvalue weighted by Gasteiger charge is -2.27. The van der Waals surface area contributed by atoms with Crippen molar-refractivity contribution in [3.63, 3.8) is 0 Å². The van der Waals surface area contributed by atoms with E-state index in [0.29, 0.717) is 10.7 Å². The van der Waals surface area contributed by atoms with Crippen LogP contribution >= 0.6 is 22.9 Å². The SMILES string of the molecule is O=C(NC[C@@](O)(c1cccs1)C1CC1)Nc1ccccc1Cl. The van der Waals surface area contributed by atoms with E-state index >= 15 is 0 Å². The maximum absolute atomic E-state index is 12.0. The summed E-state index contributed by atoms with van der Waals surface area (Å²) in [6.45, 7) is 0.189. The highest BCUT2D eigenvalue weighted by Crippen LogP contribution is 2.46. The number of thiophene rings is 1. The number of hydrogen-bond acceptors (Lipinski definition) is 3. The van der Waals surface area contributed by atoms with Crippen molar-refractivity contribution < 1.29 is 9.90 Å². The molecule has 1 fully saturated rings. The molecule has 1 aliphatic rings. The molecule has 1 aliphatic carbocycles. The Labute approximate surface area is 138 Å². The standard InChI is InChI=1S/C16H17ClN2O2S/c17-12-4-1-2-5-13(12)19-15(20)18-10-16(21,11-7-8-11)14-6-3-9-22-14/h1-6,9,11,21H,7-8,10H2,(H2,18,19,20)/t16-/m0/s1. The van der Waals surface area contributed by atoms with E-state index in [1.54, 1.807) is 24.3 Å². The number of rotatable bonds is 5. The molecule has 1 heterocycles. The molecule has 3 N–H and O–H groups in total. The molecule has 2 amide bonds. The van der Waals surface area contributed by atoms with Crippen LogP contribution in [0.1, 0.15) is 17.7 Å². The molecule has 22 heavy (non-hydrogen) atoms. The zero-order valence-corrected chi connectivity index (χ0v) is 13.5. The summed E-state index contributed by atoms with van der Waals surface area (Å²) in [6, 6.07) is 10.5. The van der Waals surface area contributed by atoms with E-state index in [-0.39, 0.29) is 18.5 Å². The minimum Gasteiger partial charge on any atom is -0.382 e.